The molecule has 0 spiro atoms. The minimum Gasteiger partial charge on any atom is -0.379 e. The Morgan fingerprint density at radius 1 is 1.20 bits per heavy atom. The lowest BCUT2D eigenvalue weighted by molar-refractivity contribution is 1.17. The zero-order chi connectivity index (χ0) is 10.7. The third-order valence-corrected chi connectivity index (χ3v) is 3.28. The Bertz CT molecular complexity index is 439. The molecule has 0 aliphatic rings. The Morgan fingerprint density at radius 2 is 2.07 bits per heavy atom. The summed E-state index contributed by atoms with van der Waals surface area (Å²) in [6, 6.07) is 7.54. The SMILES string of the molecule is Clc1ccc(NCc2ccc(Cl)s2)cn1. The van der Waals surface area contributed by atoms with Crippen LogP contribution in [0.1, 0.15) is 4.88 Å². The van der Waals surface area contributed by atoms with Gasteiger partial charge < -0.3 is 5.32 Å². The predicted molar refractivity (Wildman–Crippen MR) is 65.9 cm³/mol. The van der Waals surface area contributed by atoms with Gasteiger partial charge in [-0.05, 0) is 24.3 Å². The molecule has 0 unspecified atom stereocenters. The smallest absolute Gasteiger partial charge is 0.129 e. The predicted octanol–water partition coefficient (Wildman–Crippen LogP) is 4.06. The third-order valence-electron chi connectivity index (χ3n) is 1.82. The maximum Gasteiger partial charge on any atom is 0.129 e. The fraction of sp³-hybridized carbons (Fsp3) is 0.100. The van der Waals surface area contributed by atoms with Crippen molar-refractivity contribution in [2.75, 3.05) is 5.32 Å². The molecule has 0 amide bonds. The summed E-state index contributed by atoms with van der Waals surface area (Å²) in [7, 11) is 0. The van der Waals surface area contributed by atoms with Gasteiger partial charge in [0.25, 0.3) is 0 Å². The molecule has 2 rings (SSSR count). The number of nitrogens with zero attached hydrogens (tertiary/aromatic N) is 1. The molecule has 2 aromatic rings. The molecule has 0 bridgehead atoms. The van der Waals surface area contributed by atoms with Crippen LogP contribution >= 0.6 is 34.5 Å². The Morgan fingerprint density at radius 3 is 2.67 bits per heavy atom. The van der Waals surface area contributed by atoms with Crippen molar-refractivity contribution in [1.29, 1.82) is 0 Å². The second-order valence-electron chi connectivity index (χ2n) is 2.93. The number of nitrogens with one attached hydrogen (secondary N) is 1. The van der Waals surface area contributed by atoms with Crippen molar-refractivity contribution in [3.63, 3.8) is 0 Å². The maximum absolute atomic E-state index is 5.82. The van der Waals surface area contributed by atoms with Crippen molar-refractivity contribution < 1.29 is 0 Å². The first kappa shape index (κ1) is 10.7. The van der Waals surface area contributed by atoms with Crippen LogP contribution < -0.4 is 5.32 Å². The lowest BCUT2D eigenvalue weighted by atomic mass is 10.4. The Hall–Kier alpha value is -0.770. The van der Waals surface area contributed by atoms with Gasteiger partial charge in [0, 0.05) is 11.4 Å². The first-order valence-corrected chi connectivity index (χ1v) is 5.91. The van der Waals surface area contributed by atoms with Crippen molar-refractivity contribution in [2.24, 2.45) is 0 Å². The van der Waals surface area contributed by atoms with Crippen molar-refractivity contribution >= 4 is 40.2 Å². The highest BCUT2D eigenvalue weighted by Crippen LogP contribution is 2.22. The highest BCUT2D eigenvalue weighted by Gasteiger charge is 1.98. The zero-order valence-corrected chi connectivity index (χ0v) is 10.0. The normalized spacial score (nSPS) is 10.3. The highest BCUT2D eigenvalue weighted by atomic mass is 35.5. The summed E-state index contributed by atoms with van der Waals surface area (Å²) in [5.74, 6) is 0. The van der Waals surface area contributed by atoms with E-state index >= 15 is 0 Å². The number of hydrogen-bond donors (Lipinski definition) is 1. The van der Waals surface area contributed by atoms with E-state index in [1.807, 2.05) is 18.2 Å². The number of halogens is 2. The summed E-state index contributed by atoms with van der Waals surface area (Å²) < 4.78 is 0.807. The van der Waals surface area contributed by atoms with Crippen molar-refractivity contribution in [1.82, 2.24) is 4.98 Å². The van der Waals surface area contributed by atoms with Crippen LogP contribution in [0.2, 0.25) is 9.49 Å². The molecule has 1 N–H and O–H groups in total. The van der Waals surface area contributed by atoms with E-state index in [9.17, 15) is 0 Å². The van der Waals surface area contributed by atoms with Gasteiger partial charge in [-0.3, -0.25) is 0 Å². The monoisotopic (exact) mass is 258 g/mol. The van der Waals surface area contributed by atoms with Crippen molar-refractivity contribution in [3.8, 4) is 0 Å². The van der Waals surface area contributed by atoms with Crippen molar-refractivity contribution in [2.45, 2.75) is 6.54 Å². The summed E-state index contributed by atoms with van der Waals surface area (Å²) in [4.78, 5) is 5.17. The number of aromatic nitrogens is 1. The van der Waals surface area contributed by atoms with Crippen molar-refractivity contribution in [3.05, 3.63) is 44.8 Å². The zero-order valence-electron chi connectivity index (χ0n) is 7.71. The molecule has 0 saturated heterocycles. The molecule has 2 heterocycles. The van der Waals surface area contributed by atoms with Crippen LogP contribution in [-0.4, -0.2) is 4.98 Å². The van der Waals surface area contributed by atoms with E-state index in [1.54, 1.807) is 23.6 Å². The first-order chi connectivity index (χ1) is 7.24. The van der Waals surface area contributed by atoms with Crippen LogP contribution in [0.5, 0.6) is 0 Å². The first-order valence-electron chi connectivity index (χ1n) is 4.34. The van der Waals surface area contributed by atoms with Crippen LogP contribution in [0.15, 0.2) is 30.5 Å². The Labute approximate surface area is 102 Å². The fourth-order valence-electron chi connectivity index (χ4n) is 1.12. The van der Waals surface area contributed by atoms with E-state index in [0.29, 0.717) is 5.15 Å². The van der Waals surface area contributed by atoms with Gasteiger partial charge in [-0.2, -0.15) is 0 Å². The highest BCUT2D eigenvalue weighted by molar-refractivity contribution is 7.16. The minimum atomic E-state index is 0.500. The molecular formula is C10H8Cl2N2S. The average Bonchev–Trinajstić information content (AvgIpc) is 2.64. The number of thiophene rings is 1. The van der Waals surface area contributed by atoms with Crippen LogP contribution in [0.3, 0.4) is 0 Å². The number of hydrogen-bond acceptors (Lipinski definition) is 3. The van der Waals surface area contributed by atoms with Gasteiger partial charge in [-0.15, -0.1) is 11.3 Å². The largest absolute Gasteiger partial charge is 0.379 e. The average molecular weight is 259 g/mol. The lowest BCUT2D eigenvalue weighted by Gasteiger charge is -2.03. The molecule has 2 nitrogen and oxygen atoms in total. The molecule has 0 aromatic carbocycles. The maximum atomic E-state index is 5.82. The second kappa shape index (κ2) is 4.84. The quantitative estimate of drug-likeness (QED) is 0.840. The number of pyridine rings is 1. The fourth-order valence-corrected chi connectivity index (χ4v) is 2.26. The standard InChI is InChI=1S/C10H8Cl2N2S/c11-9-3-1-7(5-14-9)13-6-8-2-4-10(12)15-8/h1-5,13H,6H2. The topological polar surface area (TPSA) is 24.9 Å². The van der Waals surface area contributed by atoms with Gasteiger partial charge in [0.05, 0.1) is 16.2 Å². The minimum absolute atomic E-state index is 0.500. The summed E-state index contributed by atoms with van der Waals surface area (Å²) in [6.45, 7) is 0.751. The van der Waals surface area contributed by atoms with E-state index in [1.165, 1.54) is 4.88 Å². The van der Waals surface area contributed by atoms with Gasteiger partial charge in [-0.1, -0.05) is 23.2 Å². The number of anilines is 1. The molecular weight excluding hydrogens is 251 g/mol. The lowest BCUT2D eigenvalue weighted by Crippen LogP contribution is -1.97. The van der Waals surface area contributed by atoms with E-state index in [4.69, 9.17) is 23.2 Å². The van der Waals surface area contributed by atoms with E-state index in [-0.39, 0.29) is 0 Å². The van der Waals surface area contributed by atoms with Gasteiger partial charge in [0.15, 0.2) is 0 Å². The molecule has 0 saturated carbocycles. The van der Waals surface area contributed by atoms with Crippen LogP contribution in [-0.2, 0) is 6.54 Å². The molecule has 5 heteroatoms. The summed E-state index contributed by atoms with van der Waals surface area (Å²) in [6.07, 6.45) is 1.71. The summed E-state index contributed by atoms with van der Waals surface area (Å²) >= 11 is 13.1. The van der Waals surface area contributed by atoms with Gasteiger partial charge >= 0.3 is 0 Å². The summed E-state index contributed by atoms with van der Waals surface area (Å²) in [5, 5.41) is 3.73. The van der Waals surface area contributed by atoms with Gasteiger partial charge in [0.1, 0.15) is 5.15 Å². The van der Waals surface area contributed by atoms with Crippen LogP contribution in [0, 0.1) is 0 Å². The molecule has 0 radical (unpaired) electrons. The second-order valence-corrected chi connectivity index (χ2v) is 5.12. The molecule has 0 aliphatic heterocycles. The van der Waals surface area contributed by atoms with E-state index < -0.39 is 0 Å². The Kier molecular flexibility index (Phi) is 3.46. The molecule has 0 atom stereocenters. The third kappa shape index (κ3) is 3.09. The molecule has 78 valence electrons. The van der Waals surface area contributed by atoms with E-state index in [2.05, 4.69) is 10.3 Å². The van der Waals surface area contributed by atoms with Gasteiger partial charge in [-0.25, -0.2) is 4.98 Å². The van der Waals surface area contributed by atoms with Crippen LogP contribution in [0.25, 0.3) is 0 Å². The molecule has 0 aliphatic carbocycles. The molecule has 15 heavy (non-hydrogen) atoms. The summed E-state index contributed by atoms with van der Waals surface area (Å²) in [5.41, 5.74) is 0.948. The number of rotatable bonds is 3. The molecule has 2 aromatic heterocycles. The van der Waals surface area contributed by atoms with Crippen LogP contribution in [0.4, 0.5) is 5.69 Å². The molecule has 0 fully saturated rings. The van der Waals surface area contributed by atoms with E-state index in [0.717, 1.165) is 16.6 Å². The Balaban J connectivity index is 1.96. The van der Waals surface area contributed by atoms with Gasteiger partial charge in [0.2, 0.25) is 0 Å².